The van der Waals surface area contributed by atoms with Crippen molar-refractivity contribution in [1.82, 2.24) is 9.88 Å². The van der Waals surface area contributed by atoms with Gasteiger partial charge in [0.05, 0.1) is 0 Å². The third-order valence-corrected chi connectivity index (χ3v) is 3.84. The van der Waals surface area contributed by atoms with E-state index in [1.165, 1.54) is 31.2 Å². The summed E-state index contributed by atoms with van der Waals surface area (Å²) in [5.74, 6) is 7.04. The number of rotatable bonds is 6. The zero-order valence-corrected chi connectivity index (χ0v) is 12.1. The van der Waals surface area contributed by atoms with Crippen LogP contribution in [0.25, 0.3) is 0 Å². The molecular weight excluding hydrogens is 236 g/mol. The van der Waals surface area contributed by atoms with Crippen LogP contribution in [0, 0.1) is 5.92 Å². The Morgan fingerprint density at radius 3 is 2.79 bits per heavy atom. The summed E-state index contributed by atoms with van der Waals surface area (Å²) >= 11 is 0. The van der Waals surface area contributed by atoms with Gasteiger partial charge in [-0.25, -0.2) is 10.8 Å². The summed E-state index contributed by atoms with van der Waals surface area (Å²) < 4.78 is 0. The van der Waals surface area contributed by atoms with Crippen LogP contribution in [0.2, 0.25) is 0 Å². The van der Waals surface area contributed by atoms with Crippen LogP contribution in [0.5, 0.6) is 0 Å². The van der Waals surface area contributed by atoms with Crippen molar-refractivity contribution in [2.24, 2.45) is 11.8 Å². The van der Waals surface area contributed by atoms with Gasteiger partial charge in [-0.15, -0.1) is 0 Å². The van der Waals surface area contributed by atoms with Crippen LogP contribution in [0.3, 0.4) is 0 Å². The van der Waals surface area contributed by atoms with Crippen molar-refractivity contribution in [2.45, 2.75) is 52.1 Å². The number of hydrogen-bond acceptors (Lipinski definition) is 4. The number of pyridine rings is 1. The van der Waals surface area contributed by atoms with Crippen molar-refractivity contribution in [3.05, 3.63) is 23.9 Å². The van der Waals surface area contributed by atoms with E-state index < -0.39 is 0 Å². The smallest absolute Gasteiger partial charge is 0.144 e. The van der Waals surface area contributed by atoms with Crippen LogP contribution in [0.1, 0.15) is 45.1 Å². The van der Waals surface area contributed by atoms with E-state index in [9.17, 15) is 0 Å². The Morgan fingerprint density at radius 2 is 2.16 bits per heavy atom. The van der Waals surface area contributed by atoms with Gasteiger partial charge in [0, 0.05) is 30.9 Å². The minimum absolute atomic E-state index is 0.687. The zero-order chi connectivity index (χ0) is 13.7. The molecule has 0 aliphatic heterocycles. The number of hydrazine groups is 1. The molecule has 1 aliphatic carbocycles. The molecule has 19 heavy (non-hydrogen) atoms. The Morgan fingerprint density at radius 1 is 1.42 bits per heavy atom. The number of aromatic nitrogens is 1. The molecule has 0 atom stereocenters. The monoisotopic (exact) mass is 262 g/mol. The molecule has 0 bridgehead atoms. The molecule has 0 radical (unpaired) electrons. The fourth-order valence-corrected chi connectivity index (χ4v) is 3.00. The van der Waals surface area contributed by atoms with E-state index in [1.54, 1.807) is 6.20 Å². The highest BCUT2D eigenvalue weighted by Gasteiger charge is 2.23. The topological polar surface area (TPSA) is 54.2 Å². The molecule has 4 nitrogen and oxygen atoms in total. The average molecular weight is 262 g/mol. The summed E-state index contributed by atoms with van der Waals surface area (Å²) in [4.78, 5) is 6.90. The van der Waals surface area contributed by atoms with E-state index in [2.05, 4.69) is 35.2 Å². The molecule has 1 aliphatic rings. The lowest BCUT2D eigenvalue weighted by atomic mass is 10.1. The van der Waals surface area contributed by atoms with Gasteiger partial charge in [0.1, 0.15) is 5.82 Å². The molecule has 1 fully saturated rings. The lowest BCUT2D eigenvalue weighted by Crippen LogP contribution is -2.36. The summed E-state index contributed by atoms with van der Waals surface area (Å²) in [6.07, 6.45) is 7.18. The second kappa shape index (κ2) is 6.87. The van der Waals surface area contributed by atoms with E-state index in [0.29, 0.717) is 5.92 Å². The van der Waals surface area contributed by atoms with E-state index in [0.717, 1.165) is 24.9 Å². The molecule has 0 spiro atoms. The van der Waals surface area contributed by atoms with E-state index in [1.807, 2.05) is 6.07 Å². The van der Waals surface area contributed by atoms with Gasteiger partial charge in [0.25, 0.3) is 0 Å². The van der Waals surface area contributed by atoms with Crippen LogP contribution in [0.4, 0.5) is 5.82 Å². The SMILES string of the molecule is CC(C)CN(Cc1cccnc1NN)C1CCCC1. The molecule has 0 unspecified atom stereocenters. The first-order chi connectivity index (χ1) is 9.20. The predicted octanol–water partition coefficient (Wildman–Crippen LogP) is 2.77. The van der Waals surface area contributed by atoms with Gasteiger partial charge in [-0.2, -0.15) is 0 Å². The minimum Gasteiger partial charge on any atom is -0.308 e. The molecule has 4 heteroatoms. The Labute approximate surface area is 116 Å². The molecule has 3 N–H and O–H groups in total. The number of nitrogens with zero attached hydrogens (tertiary/aromatic N) is 2. The number of nitrogens with two attached hydrogens (primary N) is 1. The molecule has 0 amide bonds. The van der Waals surface area contributed by atoms with Crippen molar-refractivity contribution in [3.63, 3.8) is 0 Å². The first-order valence-corrected chi connectivity index (χ1v) is 7.35. The summed E-state index contributed by atoms with van der Waals surface area (Å²) in [5, 5.41) is 0. The molecule has 0 saturated heterocycles. The van der Waals surface area contributed by atoms with Gasteiger partial charge in [-0.05, 0) is 24.8 Å². The molecule has 106 valence electrons. The van der Waals surface area contributed by atoms with Gasteiger partial charge < -0.3 is 5.43 Å². The second-order valence-electron chi connectivity index (χ2n) is 5.92. The standard InChI is InChI=1S/C15H26N4/c1-12(2)10-19(14-7-3-4-8-14)11-13-6-5-9-17-15(13)18-16/h5-6,9,12,14H,3-4,7-8,10-11,16H2,1-2H3,(H,17,18). The molecule has 1 saturated carbocycles. The molecule has 1 heterocycles. The number of nitrogen functional groups attached to an aromatic ring is 1. The number of anilines is 1. The van der Waals surface area contributed by atoms with Gasteiger partial charge in [0.2, 0.25) is 0 Å². The maximum atomic E-state index is 5.55. The summed E-state index contributed by atoms with van der Waals surface area (Å²) in [6.45, 7) is 6.65. The molecule has 1 aromatic rings. The summed E-state index contributed by atoms with van der Waals surface area (Å²) in [6, 6.07) is 4.83. The third kappa shape index (κ3) is 3.91. The van der Waals surface area contributed by atoms with E-state index in [4.69, 9.17) is 5.84 Å². The van der Waals surface area contributed by atoms with Crippen molar-refractivity contribution in [2.75, 3.05) is 12.0 Å². The molecule has 1 aromatic heterocycles. The first kappa shape index (κ1) is 14.3. The highest BCUT2D eigenvalue weighted by molar-refractivity contribution is 5.42. The first-order valence-electron chi connectivity index (χ1n) is 7.35. The lowest BCUT2D eigenvalue weighted by molar-refractivity contribution is 0.169. The Kier molecular flexibility index (Phi) is 5.16. The van der Waals surface area contributed by atoms with Gasteiger partial charge in [-0.3, -0.25) is 4.90 Å². The van der Waals surface area contributed by atoms with Crippen molar-refractivity contribution in [3.8, 4) is 0 Å². The van der Waals surface area contributed by atoms with Gasteiger partial charge in [-0.1, -0.05) is 32.8 Å². The normalized spacial score (nSPS) is 16.5. The molecular formula is C15H26N4. The molecule has 0 aromatic carbocycles. The van der Waals surface area contributed by atoms with Crippen molar-refractivity contribution < 1.29 is 0 Å². The van der Waals surface area contributed by atoms with Crippen LogP contribution < -0.4 is 11.3 Å². The van der Waals surface area contributed by atoms with Crippen LogP contribution in [-0.4, -0.2) is 22.5 Å². The lowest BCUT2D eigenvalue weighted by Gasteiger charge is -2.30. The second-order valence-corrected chi connectivity index (χ2v) is 5.92. The number of nitrogens with one attached hydrogen (secondary N) is 1. The van der Waals surface area contributed by atoms with Crippen LogP contribution in [0.15, 0.2) is 18.3 Å². The highest BCUT2D eigenvalue weighted by Crippen LogP contribution is 2.26. The fraction of sp³-hybridized carbons (Fsp3) is 0.667. The van der Waals surface area contributed by atoms with Crippen LogP contribution in [-0.2, 0) is 6.54 Å². The Bertz CT molecular complexity index is 385. The third-order valence-electron chi connectivity index (χ3n) is 3.84. The molecule has 2 rings (SSSR count). The van der Waals surface area contributed by atoms with E-state index in [-0.39, 0.29) is 0 Å². The summed E-state index contributed by atoms with van der Waals surface area (Å²) in [5.41, 5.74) is 3.90. The van der Waals surface area contributed by atoms with Gasteiger partial charge >= 0.3 is 0 Å². The maximum absolute atomic E-state index is 5.55. The maximum Gasteiger partial charge on any atom is 0.144 e. The quantitative estimate of drug-likeness (QED) is 0.611. The van der Waals surface area contributed by atoms with Crippen LogP contribution >= 0.6 is 0 Å². The van der Waals surface area contributed by atoms with Gasteiger partial charge in [0.15, 0.2) is 0 Å². The largest absolute Gasteiger partial charge is 0.308 e. The fourth-order valence-electron chi connectivity index (χ4n) is 3.00. The average Bonchev–Trinajstić information content (AvgIpc) is 2.92. The highest BCUT2D eigenvalue weighted by atomic mass is 15.3. The number of hydrogen-bond donors (Lipinski definition) is 2. The predicted molar refractivity (Wildman–Crippen MR) is 79.6 cm³/mol. The summed E-state index contributed by atoms with van der Waals surface area (Å²) in [7, 11) is 0. The Hall–Kier alpha value is -1.13. The zero-order valence-electron chi connectivity index (χ0n) is 12.1. The minimum atomic E-state index is 0.687. The van der Waals surface area contributed by atoms with Crippen molar-refractivity contribution >= 4 is 5.82 Å². The van der Waals surface area contributed by atoms with Crippen molar-refractivity contribution in [1.29, 1.82) is 0 Å². The van der Waals surface area contributed by atoms with E-state index >= 15 is 0 Å². The Balaban J connectivity index is 2.09.